The number of carbonyl (C=O) groups is 1. The number of rotatable bonds is 2. The van der Waals surface area contributed by atoms with Gasteiger partial charge in [0, 0.05) is 18.4 Å². The van der Waals surface area contributed by atoms with Crippen molar-refractivity contribution in [3.63, 3.8) is 0 Å². The second-order valence-corrected chi connectivity index (χ2v) is 4.46. The molecule has 0 aliphatic carbocycles. The first-order chi connectivity index (χ1) is 8.52. The molecule has 94 valence electrons. The zero-order chi connectivity index (χ0) is 13.3. The molecular weight excluding hydrogens is 275 g/mol. The molecule has 0 radical (unpaired) electrons. The molecule has 1 N–H and O–H groups in total. The van der Waals surface area contributed by atoms with Crippen LogP contribution < -0.4 is 10.1 Å². The number of fused-ring (bicyclic) bond motifs is 1. The molecule has 18 heavy (non-hydrogen) atoms. The van der Waals surface area contributed by atoms with Gasteiger partial charge in [0.2, 0.25) is 11.8 Å². The molecule has 0 bridgehead atoms. The normalized spacial score (nSPS) is 10.4. The number of ether oxygens (including phenoxy) is 1. The Kier molecular flexibility index (Phi) is 3.59. The predicted molar refractivity (Wildman–Crippen MR) is 72.6 cm³/mol. The Morgan fingerprint density at radius 3 is 2.67 bits per heavy atom. The number of benzene rings is 1. The van der Waals surface area contributed by atoms with Gasteiger partial charge in [0.25, 0.3) is 0 Å². The molecule has 2 rings (SSSR count). The van der Waals surface area contributed by atoms with Gasteiger partial charge in [-0.3, -0.25) is 4.79 Å². The van der Waals surface area contributed by atoms with Gasteiger partial charge in [-0.1, -0.05) is 23.2 Å². The van der Waals surface area contributed by atoms with Crippen LogP contribution in [0.25, 0.3) is 10.9 Å². The number of hydrogen-bond donors (Lipinski definition) is 1. The minimum Gasteiger partial charge on any atom is -0.481 e. The van der Waals surface area contributed by atoms with Gasteiger partial charge in [-0.2, -0.15) is 0 Å². The molecule has 0 aliphatic heterocycles. The molecule has 0 fully saturated rings. The highest BCUT2D eigenvalue weighted by atomic mass is 35.5. The van der Waals surface area contributed by atoms with Gasteiger partial charge in [0.15, 0.2) is 0 Å². The maximum Gasteiger partial charge on any atom is 0.221 e. The smallest absolute Gasteiger partial charge is 0.221 e. The molecular formula is C12H10Cl2N2O2. The number of aromatic nitrogens is 1. The van der Waals surface area contributed by atoms with Crippen molar-refractivity contribution in [1.29, 1.82) is 0 Å². The molecule has 4 nitrogen and oxygen atoms in total. The van der Waals surface area contributed by atoms with E-state index in [-0.39, 0.29) is 5.91 Å². The highest BCUT2D eigenvalue weighted by Gasteiger charge is 2.13. The lowest BCUT2D eigenvalue weighted by molar-refractivity contribution is -0.114. The quantitative estimate of drug-likeness (QED) is 0.918. The molecule has 0 unspecified atom stereocenters. The van der Waals surface area contributed by atoms with E-state index in [9.17, 15) is 4.79 Å². The molecule has 1 amide bonds. The number of nitrogens with zero attached hydrogens (tertiary/aromatic N) is 1. The molecule has 1 heterocycles. The van der Waals surface area contributed by atoms with Gasteiger partial charge in [-0.15, -0.1) is 0 Å². The van der Waals surface area contributed by atoms with E-state index < -0.39 is 0 Å². The van der Waals surface area contributed by atoms with Crippen LogP contribution in [0.2, 0.25) is 10.0 Å². The van der Waals surface area contributed by atoms with E-state index in [1.165, 1.54) is 14.0 Å². The molecule has 0 saturated heterocycles. The Balaban J connectivity index is 2.76. The lowest BCUT2D eigenvalue weighted by atomic mass is 10.2. The summed E-state index contributed by atoms with van der Waals surface area (Å²) >= 11 is 12.2. The highest BCUT2D eigenvalue weighted by molar-refractivity contribution is 6.41. The first-order valence-corrected chi connectivity index (χ1v) is 5.89. The van der Waals surface area contributed by atoms with E-state index >= 15 is 0 Å². The molecule has 0 spiro atoms. The first kappa shape index (κ1) is 12.9. The van der Waals surface area contributed by atoms with Crippen LogP contribution in [0.5, 0.6) is 5.88 Å². The average molecular weight is 285 g/mol. The van der Waals surface area contributed by atoms with Crippen LogP contribution in [0.1, 0.15) is 6.92 Å². The third kappa shape index (κ3) is 2.35. The van der Waals surface area contributed by atoms with E-state index in [0.29, 0.717) is 32.5 Å². The van der Waals surface area contributed by atoms with E-state index in [0.717, 1.165) is 0 Å². The molecule has 1 aromatic heterocycles. The number of pyridine rings is 1. The lowest BCUT2D eigenvalue weighted by Gasteiger charge is -2.11. The van der Waals surface area contributed by atoms with Crippen molar-refractivity contribution in [2.24, 2.45) is 0 Å². The summed E-state index contributed by atoms with van der Waals surface area (Å²) in [5.74, 6) is 0.192. The minimum atomic E-state index is -0.231. The second kappa shape index (κ2) is 5.00. The summed E-state index contributed by atoms with van der Waals surface area (Å²) in [5, 5.41) is 4.15. The van der Waals surface area contributed by atoms with E-state index in [1.807, 2.05) is 0 Å². The van der Waals surface area contributed by atoms with Gasteiger partial charge >= 0.3 is 0 Å². The van der Waals surface area contributed by atoms with Crippen molar-refractivity contribution < 1.29 is 9.53 Å². The Morgan fingerprint density at radius 2 is 2.06 bits per heavy atom. The van der Waals surface area contributed by atoms with Crippen LogP contribution >= 0.6 is 23.2 Å². The monoisotopic (exact) mass is 284 g/mol. The number of nitrogens with one attached hydrogen (secondary N) is 1. The zero-order valence-corrected chi connectivity index (χ0v) is 11.3. The minimum absolute atomic E-state index is 0.231. The average Bonchev–Trinajstić information content (AvgIpc) is 2.33. The van der Waals surface area contributed by atoms with Gasteiger partial charge < -0.3 is 10.1 Å². The predicted octanol–water partition coefficient (Wildman–Crippen LogP) is 3.51. The third-order valence-corrected chi connectivity index (χ3v) is 2.98. The fourth-order valence-electron chi connectivity index (χ4n) is 1.61. The number of hydrogen-bond acceptors (Lipinski definition) is 3. The number of anilines is 1. The Hall–Kier alpha value is -1.52. The molecule has 0 saturated carbocycles. The summed E-state index contributed by atoms with van der Waals surface area (Å²) in [4.78, 5) is 15.4. The Labute approximate surface area is 114 Å². The number of halogens is 2. The zero-order valence-electron chi connectivity index (χ0n) is 9.75. The number of carbonyl (C=O) groups excluding carboxylic acids is 1. The maximum atomic E-state index is 11.2. The summed E-state index contributed by atoms with van der Waals surface area (Å²) in [6.45, 7) is 1.40. The van der Waals surface area contributed by atoms with Crippen LogP contribution in [0, 0.1) is 0 Å². The topological polar surface area (TPSA) is 51.2 Å². The Morgan fingerprint density at radius 1 is 1.33 bits per heavy atom. The number of methoxy groups -OCH3 is 1. The van der Waals surface area contributed by atoms with E-state index in [1.54, 1.807) is 18.2 Å². The fourth-order valence-corrected chi connectivity index (χ4v) is 2.17. The first-order valence-electron chi connectivity index (χ1n) is 5.13. The number of amides is 1. The SMILES string of the molecule is COc1ccc2c(Cl)cc(Cl)c(NC(C)=O)c2n1. The van der Waals surface area contributed by atoms with Crippen LogP contribution in [0.3, 0.4) is 0 Å². The standard InChI is InChI=1S/C12H10Cl2N2O2/c1-6(17)15-12-9(14)5-8(13)7-3-4-10(18-2)16-11(7)12/h3-5H,1-2H3,(H,15,17). The molecule has 6 heteroatoms. The molecule has 1 aromatic carbocycles. The third-order valence-electron chi connectivity index (χ3n) is 2.37. The van der Waals surface area contributed by atoms with Gasteiger partial charge in [0.05, 0.1) is 22.8 Å². The summed E-state index contributed by atoms with van der Waals surface area (Å²) in [7, 11) is 1.51. The van der Waals surface area contributed by atoms with Crippen molar-refractivity contribution in [2.45, 2.75) is 6.92 Å². The van der Waals surface area contributed by atoms with Crippen molar-refractivity contribution in [1.82, 2.24) is 4.98 Å². The Bertz CT molecular complexity index is 629. The van der Waals surface area contributed by atoms with Crippen LogP contribution in [-0.4, -0.2) is 18.0 Å². The molecule has 0 atom stereocenters. The maximum absolute atomic E-state index is 11.2. The molecule has 2 aromatic rings. The summed E-state index contributed by atoms with van der Waals surface area (Å²) in [6.07, 6.45) is 0. The van der Waals surface area contributed by atoms with E-state index in [4.69, 9.17) is 27.9 Å². The van der Waals surface area contributed by atoms with Gasteiger partial charge in [0.1, 0.15) is 5.52 Å². The van der Waals surface area contributed by atoms with Crippen molar-refractivity contribution in [3.05, 3.63) is 28.2 Å². The summed E-state index contributed by atoms with van der Waals surface area (Å²) in [5.41, 5.74) is 0.935. The summed E-state index contributed by atoms with van der Waals surface area (Å²) in [6, 6.07) is 5.04. The lowest BCUT2D eigenvalue weighted by Crippen LogP contribution is -2.07. The van der Waals surface area contributed by atoms with Gasteiger partial charge in [-0.25, -0.2) is 4.98 Å². The van der Waals surface area contributed by atoms with Crippen LogP contribution in [0.15, 0.2) is 18.2 Å². The van der Waals surface area contributed by atoms with Crippen molar-refractivity contribution >= 4 is 45.7 Å². The highest BCUT2D eigenvalue weighted by Crippen LogP contribution is 2.36. The second-order valence-electron chi connectivity index (χ2n) is 3.65. The molecule has 0 aliphatic rings. The van der Waals surface area contributed by atoms with E-state index in [2.05, 4.69) is 10.3 Å². The van der Waals surface area contributed by atoms with Crippen LogP contribution in [0.4, 0.5) is 5.69 Å². The van der Waals surface area contributed by atoms with Gasteiger partial charge in [-0.05, 0) is 12.1 Å². The summed E-state index contributed by atoms with van der Waals surface area (Å²) < 4.78 is 5.05. The van der Waals surface area contributed by atoms with Crippen molar-refractivity contribution in [2.75, 3.05) is 12.4 Å². The van der Waals surface area contributed by atoms with Crippen LogP contribution in [-0.2, 0) is 4.79 Å². The van der Waals surface area contributed by atoms with Crippen molar-refractivity contribution in [3.8, 4) is 5.88 Å². The fraction of sp³-hybridized carbons (Fsp3) is 0.167. The largest absolute Gasteiger partial charge is 0.481 e.